The SMILES string of the molecule is Cc1cnc(Cl)c(NS(=O)(=O)N2CCNCC2)c1. The molecule has 1 aliphatic rings. The molecule has 0 bridgehead atoms. The maximum absolute atomic E-state index is 12.1. The molecule has 0 unspecified atom stereocenters. The molecule has 0 spiro atoms. The van der Waals surface area contributed by atoms with E-state index in [0.717, 1.165) is 5.56 Å². The minimum Gasteiger partial charge on any atom is -0.314 e. The third-order valence-electron chi connectivity index (χ3n) is 2.63. The van der Waals surface area contributed by atoms with Crippen molar-refractivity contribution < 1.29 is 8.42 Å². The molecule has 0 radical (unpaired) electrons. The third kappa shape index (κ3) is 3.11. The number of hydrogen-bond acceptors (Lipinski definition) is 4. The van der Waals surface area contributed by atoms with E-state index in [2.05, 4.69) is 15.0 Å². The fraction of sp³-hybridized carbons (Fsp3) is 0.500. The summed E-state index contributed by atoms with van der Waals surface area (Å²) in [5, 5.41) is 3.25. The summed E-state index contributed by atoms with van der Waals surface area (Å²) in [6.07, 6.45) is 1.59. The molecule has 1 aromatic heterocycles. The molecule has 1 aliphatic heterocycles. The van der Waals surface area contributed by atoms with E-state index in [9.17, 15) is 8.42 Å². The van der Waals surface area contributed by atoms with Gasteiger partial charge in [-0.1, -0.05) is 11.6 Å². The first-order chi connectivity index (χ1) is 8.49. The van der Waals surface area contributed by atoms with Crippen molar-refractivity contribution in [2.24, 2.45) is 0 Å². The Kier molecular flexibility index (Phi) is 4.06. The number of rotatable bonds is 3. The molecule has 1 fully saturated rings. The summed E-state index contributed by atoms with van der Waals surface area (Å²) in [6.45, 7) is 4.03. The highest BCUT2D eigenvalue weighted by molar-refractivity contribution is 7.90. The molecule has 2 heterocycles. The molecule has 2 rings (SSSR count). The van der Waals surface area contributed by atoms with Crippen molar-refractivity contribution >= 4 is 27.5 Å². The van der Waals surface area contributed by atoms with E-state index in [1.165, 1.54) is 4.31 Å². The van der Waals surface area contributed by atoms with Gasteiger partial charge in [0.05, 0.1) is 5.69 Å². The smallest absolute Gasteiger partial charge is 0.301 e. The lowest BCUT2D eigenvalue weighted by atomic mass is 10.3. The van der Waals surface area contributed by atoms with Gasteiger partial charge in [-0.05, 0) is 18.6 Å². The first-order valence-electron chi connectivity index (χ1n) is 5.60. The van der Waals surface area contributed by atoms with E-state index in [1.807, 2.05) is 6.92 Å². The molecular formula is C10H15ClN4O2S. The van der Waals surface area contributed by atoms with Crippen molar-refractivity contribution in [3.8, 4) is 0 Å². The Morgan fingerprint density at radius 3 is 2.78 bits per heavy atom. The number of piperazine rings is 1. The Labute approximate surface area is 112 Å². The quantitative estimate of drug-likeness (QED) is 0.800. The van der Waals surface area contributed by atoms with Gasteiger partial charge in [0.15, 0.2) is 5.15 Å². The summed E-state index contributed by atoms with van der Waals surface area (Å²) < 4.78 is 28.1. The summed E-state index contributed by atoms with van der Waals surface area (Å²) in [4.78, 5) is 3.92. The normalized spacial score (nSPS) is 17.7. The summed E-state index contributed by atoms with van der Waals surface area (Å²) in [6, 6.07) is 1.66. The predicted octanol–water partition coefficient (Wildman–Crippen LogP) is 0.605. The Hall–Kier alpha value is -0.890. The van der Waals surface area contributed by atoms with Crippen LogP contribution in [0.25, 0.3) is 0 Å². The van der Waals surface area contributed by atoms with Crippen LogP contribution < -0.4 is 10.0 Å². The number of hydrogen-bond donors (Lipinski definition) is 2. The van der Waals surface area contributed by atoms with Gasteiger partial charge in [-0.25, -0.2) is 4.98 Å². The van der Waals surface area contributed by atoms with Gasteiger partial charge in [-0.3, -0.25) is 4.72 Å². The zero-order valence-corrected chi connectivity index (χ0v) is 11.6. The van der Waals surface area contributed by atoms with Crippen molar-refractivity contribution in [1.82, 2.24) is 14.6 Å². The van der Waals surface area contributed by atoms with Crippen LogP contribution in [0.3, 0.4) is 0 Å². The molecule has 6 nitrogen and oxygen atoms in total. The second-order valence-electron chi connectivity index (χ2n) is 4.11. The van der Waals surface area contributed by atoms with Gasteiger partial charge in [0, 0.05) is 32.4 Å². The third-order valence-corrected chi connectivity index (χ3v) is 4.45. The number of aromatic nitrogens is 1. The van der Waals surface area contributed by atoms with Gasteiger partial charge in [-0.2, -0.15) is 12.7 Å². The second-order valence-corrected chi connectivity index (χ2v) is 6.14. The highest BCUT2D eigenvalue weighted by Gasteiger charge is 2.24. The number of nitrogens with one attached hydrogen (secondary N) is 2. The Morgan fingerprint density at radius 1 is 1.44 bits per heavy atom. The fourth-order valence-corrected chi connectivity index (χ4v) is 3.14. The number of nitrogens with zero attached hydrogens (tertiary/aromatic N) is 2. The maximum Gasteiger partial charge on any atom is 0.301 e. The van der Waals surface area contributed by atoms with Gasteiger partial charge < -0.3 is 5.32 Å². The van der Waals surface area contributed by atoms with Crippen molar-refractivity contribution in [2.45, 2.75) is 6.92 Å². The van der Waals surface area contributed by atoms with Crippen molar-refractivity contribution in [3.05, 3.63) is 23.0 Å². The second kappa shape index (κ2) is 5.40. The summed E-state index contributed by atoms with van der Waals surface area (Å²) in [5.41, 5.74) is 1.16. The lowest BCUT2D eigenvalue weighted by Gasteiger charge is -2.27. The average molecular weight is 291 g/mol. The van der Waals surface area contributed by atoms with Gasteiger partial charge in [0.1, 0.15) is 0 Å². The minimum atomic E-state index is -3.56. The lowest BCUT2D eigenvalue weighted by molar-refractivity contribution is 0.362. The van der Waals surface area contributed by atoms with Gasteiger partial charge in [-0.15, -0.1) is 0 Å². The molecular weight excluding hydrogens is 276 g/mol. The molecule has 18 heavy (non-hydrogen) atoms. The summed E-state index contributed by atoms with van der Waals surface area (Å²) in [5.74, 6) is 0. The molecule has 1 aromatic rings. The monoisotopic (exact) mass is 290 g/mol. The van der Waals surface area contributed by atoms with Gasteiger partial charge in [0.25, 0.3) is 0 Å². The summed E-state index contributed by atoms with van der Waals surface area (Å²) in [7, 11) is -3.56. The highest BCUT2D eigenvalue weighted by Crippen LogP contribution is 2.21. The van der Waals surface area contributed by atoms with E-state index in [-0.39, 0.29) is 5.15 Å². The number of aryl methyl sites for hydroxylation is 1. The molecule has 0 atom stereocenters. The van der Waals surface area contributed by atoms with E-state index in [4.69, 9.17) is 11.6 Å². The Morgan fingerprint density at radius 2 is 2.11 bits per heavy atom. The van der Waals surface area contributed by atoms with Crippen LogP contribution >= 0.6 is 11.6 Å². The van der Waals surface area contributed by atoms with Gasteiger partial charge >= 0.3 is 10.2 Å². The molecule has 8 heteroatoms. The van der Waals surface area contributed by atoms with Crippen molar-refractivity contribution in [2.75, 3.05) is 30.9 Å². The van der Waals surface area contributed by atoms with Gasteiger partial charge in [0.2, 0.25) is 0 Å². The molecule has 0 aliphatic carbocycles. The topological polar surface area (TPSA) is 74.3 Å². The maximum atomic E-state index is 12.1. The van der Waals surface area contributed by atoms with Crippen LogP contribution in [-0.2, 0) is 10.2 Å². The standard InChI is InChI=1S/C10H15ClN4O2S/c1-8-6-9(10(11)13-7-8)14-18(16,17)15-4-2-12-3-5-15/h6-7,12,14H,2-5H2,1H3. The van der Waals surface area contributed by atoms with Crippen LogP contribution in [0.4, 0.5) is 5.69 Å². The van der Waals surface area contributed by atoms with Crippen molar-refractivity contribution in [3.63, 3.8) is 0 Å². The predicted molar refractivity (Wildman–Crippen MR) is 71.0 cm³/mol. The molecule has 2 N–H and O–H groups in total. The van der Waals surface area contributed by atoms with Crippen molar-refractivity contribution in [1.29, 1.82) is 0 Å². The fourth-order valence-electron chi connectivity index (χ4n) is 1.71. The summed E-state index contributed by atoms with van der Waals surface area (Å²) >= 11 is 5.87. The number of halogens is 1. The van der Waals surface area contributed by atoms with E-state index >= 15 is 0 Å². The molecule has 0 amide bonds. The number of pyridine rings is 1. The molecule has 0 saturated carbocycles. The molecule has 1 saturated heterocycles. The Bertz CT molecular complexity index is 529. The Balaban J connectivity index is 2.18. The highest BCUT2D eigenvalue weighted by atomic mass is 35.5. The zero-order valence-electron chi connectivity index (χ0n) is 9.98. The first kappa shape index (κ1) is 13.5. The first-order valence-corrected chi connectivity index (χ1v) is 7.41. The van der Waals surface area contributed by atoms with E-state index < -0.39 is 10.2 Å². The molecule has 0 aromatic carbocycles. The number of anilines is 1. The van der Waals surface area contributed by atoms with Crippen LogP contribution in [0.1, 0.15) is 5.56 Å². The van der Waals surface area contributed by atoms with Crippen LogP contribution in [0.5, 0.6) is 0 Å². The molecule has 100 valence electrons. The lowest BCUT2D eigenvalue weighted by Crippen LogP contribution is -2.48. The average Bonchev–Trinajstić information content (AvgIpc) is 2.35. The van der Waals surface area contributed by atoms with E-state index in [1.54, 1.807) is 12.3 Å². The van der Waals surface area contributed by atoms with Crippen LogP contribution in [0.2, 0.25) is 5.15 Å². The largest absolute Gasteiger partial charge is 0.314 e. The van der Waals surface area contributed by atoms with E-state index in [0.29, 0.717) is 31.9 Å². The minimum absolute atomic E-state index is 0.152. The zero-order chi connectivity index (χ0) is 13.2. The van der Waals surface area contributed by atoms with Crippen LogP contribution in [-0.4, -0.2) is 43.9 Å². The van der Waals surface area contributed by atoms with Crippen LogP contribution in [0.15, 0.2) is 12.3 Å². The van der Waals surface area contributed by atoms with Crippen LogP contribution in [0, 0.1) is 6.92 Å².